The van der Waals surface area contributed by atoms with Gasteiger partial charge in [0.2, 0.25) is 0 Å². The molecule has 0 aliphatic carbocycles. The fourth-order valence-electron chi connectivity index (χ4n) is 2.42. The van der Waals surface area contributed by atoms with Gasteiger partial charge in [-0.1, -0.05) is 30.3 Å². The van der Waals surface area contributed by atoms with Crippen molar-refractivity contribution in [2.45, 2.75) is 32.4 Å². The molecule has 2 atom stereocenters. The smallest absolute Gasteiger partial charge is 0.307 e. The highest BCUT2D eigenvalue weighted by atomic mass is 16.4. The second-order valence-corrected chi connectivity index (χ2v) is 4.88. The van der Waals surface area contributed by atoms with Crippen LogP contribution in [0.25, 0.3) is 0 Å². The highest BCUT2D eigenvalue weighted by Crippen LogP contribution is 2.23. The molecule has 2 unspecified atom stereocenters. The molecule has 0 aromatic heterocycles. The molecule has 0 amide bonds. The van der Waals surface area contributed by atoms with Crippen molar-refractivity contribution in [2.24, 2.45) is 5.92 Å². The lowest BCUT2D eigenvalue weighted by atomic mass is 9.93. The number of likely N-dealkylation sites (tertiary alicyclic amines) is 1. The number of rotatable bonds is 3. The first kappa shape index (κ1) is 12.1. The first-order chi connectivity index (χ1) is 8.16. The van der Waals surface area contributed by atoms with Gasteiger partial charge < -0.3 is 5.11 Å². The molecule has 0 saturated carbocycles. The minimum Gasteiger partial charge on any atom is -0.481 e. The molecule has 1 fully saturated rings. The Balaban J connectivity index is 2.01. The van der Waals surface area contributed by atoms with E-state index in [1.807, 2.05) is 18.2 Å². The van der Waals surface area contributed by atoms with E-state index in [2.05, 4.69) is 24.0 Å². The van der Waals surface area contributed by atoms with Crippen LogP contribution in [0, 0.1) is 5.92 Å². The Morgan fingerprint density at radius 1 is 1.35 bits per heavy atom. The van der Waals surface area contributed by atoms with E-state index in [1.165, 1.54) is 5.56 Å². The summed E-state index contributed by atoms with van der Waals surface area (Å²) in [6, 6.07) is 10.7. The van der Waals surface area contributed by atoms with Crippen LogP contribution < -0.4 is 0 Å². The molecule has 2 rings (SSSR count). The number of benzene rings is 1. The van der Waals surface area contributed by atoms with Crippen LogP contribution in [0.5, 0.6) is 0 Å². The molecule has 1 aliphatic rings. The first-order valence-electron chi connectivity index (χ1n) is 6.17. The van der Waals surface area contributed by atoms with Crippen molar-refractivity contribution in [3.05, 3.63) is 35.9 Å². The fourth-order valence-corrected chi connectivity index (χ4v) is 2.42. The zero-order valence-electron chi connectivity index (χ0n) is 10.2. The molecule has 1 saturated heterocycles. The number of carboxylic acids is 1. The third-order valence-corrected chi connectivity index (χ3v) is 3.59. The van der Waals surface area contributed by atoms with Crippen LogP contribution in [0.15, 0.2) is 30.3 Å². The number of aliphatic carboxylic acids is 1. The van der Waals surface area contributed by atoms with Gasteiger partial charge in [0.15, 0.2) is 0 Å². The maximum absolute atomic E-state index is 11.0. The van der Waals surface area contributed by atoms with Gasteiger partial charge in [-0.2, -0.15) is 0 Å². The summed E-state index contributed by atoms with van der Waals surface area (Å²) < 4.78 is 0. The van der Waals surface area contributed by atoms with Gasteiger partial charge in [-0.3, -0.25) is 9.69 Å². The number of carboxylic acid groups (broad SMARTS) is 1. The van der Waals surface area contributed by atoms with E-state index in [1.54, 1.807) is 0 Å². The molecule has 17 heavy (non-hydrogen) atoms. The number of nitrogens with zero attached hydrogens (tertiary/aromatic N) is 1. The average molecular weight is 233 g/mol. The Hall–Kier alpha value is -1.35. The molecule has 0 bridgehead atoms. The molecule has 0 spiro atoms. The Labute approximate surface area is 102 Å². The number of piperidine rings is 1. The fraction of sp³-hybridized carbons (Fsp3) is 0.500. The molecular weight excluding hydrogens is 214 g/mol. The van der Waals surface area contributed by atoms with Gasteiger partial charge >= 0.3 is 5.97 Å². The SMILES string of the molecule is CC1CCC(C(=O)O)CN1Cc1ccccc1. The van der Waals surface area contributed by atoms with Crippen molar-refractivity contribution in [1.29, 1.82) is 0 Å². The molecule has 3 nitrogen and oxygen atoms in total. The van der Waals surface area contributed by atoms with Crippen LogP contribution in [0.1, 0.15) is 25.3 Å². The van der Waals surface area contributed by atoms with E-state index in [0.717, 1.165) is 19.4 Å². The van der Waals surface area contributed by atoms with Gasteiger partial charge in [0.1, 0.15) is 0 Å². The third kappa shape index (κ3) is 3.07. The maximum atomic E-state index is 11.0. The van der Waals surface area contributed by atoms with Crippen LogP contribution in [-0.4, -0.2) is 28.6 Å². The molecule has 1 N–H and O–H groups in total. The summed E-state index contributed by atoms with van der Waals surface area (Å²) in [6.45, 7) is 3.71. The van der Waals surface area contributed by atoms with Gasteiger partial charge in [-0.15, -0.1) is 0 Å². The van der Waals surface area contributed by atoms with Crippen molar-refractivity contribution >= 4 is 5.97 Å². The van der Waals surface area contributed by atoms with Crippen molar-refractivity contribution < 1.29 is 9.90 Å². The van der Waals surface area contributed by atoms with E-state index >= 15 is 0 Å². The Kier molecular flexibility index (Phi) is 3.79. The van der Waals surface area contributed by atoms with E-state index in [9.17, 15) is 4.79 Å². The normalized spacial score (nSPS) is 25.7. The lowest BCUT2D eigenvalue weighted by Crippen LogP contribution is -2.43. The summed E-state index contributed by atoms with van der Waals surface area (Å²) in [7, 11) is 0. The van der Waals surface area contributed by atoms with E-state index in [4.69, 9.17) is 5.11 Å². The summed E-state index contributed by atoms with van der Waals surface area (Å²) >= 11 is 0. The Morgan fingerprint density at radius 2 is 2.06 bits per heavy atom. The zero-order valence-corrected chi connectivity index (χ0v) is 10.2. The number of hydrogen-bond acceptors (Lipinski definition) is 2. The summed E-state index contributed by atoms with van der Waals surface area (Å²) in [4.78, 5) is 13.3. The monoisotopic (exact) mass is 233 g/mol. The predicted octanol–water partition coefficient (Wildman–Crippen LogP) is 2.37. The van der Waals surface area contributed by atoms with Crippen molar-refractivity contribution in [2.75, 3.05) is 6.54 Å². The van der Waals surface area contributed by atoms with Gasteiger partial charge in [-0.25, -0.2) is 0 Å². The molecule has 1 aromatic rings. The van der Waals surface area contributed by atoms with E-state index in [-0.39, 0.29) is 5.92 Å². The summed E-state index contributed by atoms with van der Waals surface area (Å²) in [6.07, 6.45) is 1.78. The number of carbonyl (C=O) groups is 1. The van der Waals surface area contributed by atoms with Crippen molar-refractivity contribution in [3.63, 3.8) is 0 Å². The Bertz CT molecular complexity index is 377. The zero-order chi connectivity index (χ0) is 12.3. The summed E-state index contributed by atoms with van der Waals surface area (Å²) in [5.74, 6) is -0.857. The van der Waals surface area contributed by atoms with E-state index < -0.39 is 5.97 Å². The lowest BCUT2D eigenvalue weighted by Gasteiger charge is -2.36. The summed E-state index contributed by atoms with van der Waals surface area (Å²) in [5, 5.41) is 9.08. The minimum absolute atomic E-state index is 0.199. The van der Waals surface area contributed by atoms with Gasteiger partial charge in [-0.05, 0) is 25.3 Å². The molecule has 1 aromatic carbocycles. The highest BCUT2D eigenvalue weighted by molar-refractivity contribution is 5.70. The molecule has 1 heterocycles. The second kappa shape index (κ2) is 5.32. The highest BCUT2D eigenvalue weighted by Gasteiger charge is 2.29. The van der Waals surface area contributed by atoms with Crippen LogP contribution in [0.4, 0.5) is 0 Å². The topological polar surface area (TPSA) is 40.5 Å². The van der Waals surface area contributed by atoms with Gasteiger partial charge in [0.25, 0.3) is 0 Å². The molecule has 1 aliphatic heterocycles. The third-order valence-electron chi connectivity index (χ3n) is 3.59. The maximum Gasteiger partial charge on any atom is 0.307 e. The van der Waals surface area contributed by atoms with Gasteiger partial charge in [0, 0.05) is 19.1 Å². The van der Waals surface area contributed by atoms with Crippen LogP contribution in [-0.2, 0) is 11.3 Å². The molecule has 0 radical (unpaired) electrons. The van der Waals surface area contributed by atoms with Crippen molar-refractivity contribution in [1.82, 2.24) is 4.90 Å². The second-order valence-electron chi connectivity index (χ2n) is 4.88. The largest absolute Gasteiger partial charge is 0.481 e. The summed E-state index contributed by atoms with van der Waals surface area (Å²) in [5.41, 5.74) is 1.25. The molecular formula is C14H19NO2. The number of hydrogen-bond donors (Lipinski definition) is 1. The molecule has 3 heteroatoms. The van der Waals surface area contributed by atoms with Crippen LogP contribution >= 0.6 is 0 Å². The van der Waals surface area contributed by atoms with Gasteiger partial charge in [0.05, 0.1) is 5.92 Å². The van der Waals surface area contributed by atoms with Crippen LogP contribution in [0.2, 0.25) is 0 Å². The Morgan fingerprint density at radius 3 is 2.71 bits per heavy atom. The van der Waals surface area contributed by atoms with Crippen molar-refractivity contribution in [3.8, 4) is 0 Å². The van der Waals surface area contributed by atoms with E-state index in [0.29, 0.717) is 12.6 Å². The average Bonchev–Trinajstić information content (AvgIpc) is 2.33. The first-order valence-corrected chi connectivity index (χ1v) is 6.17. The lowest BCUT2D eigenvalue weighted by molar-refractivity contribution is -0.144. The standard InChI is InChI=1S/C14H19NO2/c1-11-7-8-13(14(16)17)10-15(11)9-12-5-3-2-4-6-12/h2-6,11,13H,7-10H2,1H3,(H,16,17). The minimum atomic E-state index is -0.657. The predicted molar refractivity (Wildman–Crippen MR) is 66.7 cm³/mol. The van der Waals surface area contributed by atoms with Crippen LogP contribution in [0.3, 0.4) is 0 Å². The molecule has 92 valence electrons. The quantitative estimate of drug-likeness (QED) is 0.871.